The number of carboxylic acids is 1. The van der Waals surface area contributed by atoms with Crippen LogP contribution in [0.1, 0.15) is 60.4 Å². The molecule has 34 heavy (non-hydrogen) atoms. The zero-order valence-electron chi connectivity index (χ0n) is 20.6. The highest BCUT2D eigenvalue weighted by atomic mass is 35.5. The first-order valence-corrected chi connectivity index (χ1v) is 11.4. The quantitative estimate of drug-likeness (QED) is 0.312. The average Bonchev–Trinajstić information content (AvgIpc) is 2.83. The molecule has 8 heteroatoms. The summed E-state index contributed by atoms with van der Waals surface area (Å²) in [5, 5.41) is 12.4. The van der Waals surface area contributed by atoms with Crippen molar-refractivity contribution in [3.05, 3.63) is 64.7 Å². The first-order valence-electron chi connectivity index (χ1n) is 11.1. The van der Waals surface area contributed by atoms with Gasteiger partial charge >= 0.3 is 5.97 Å². The number of nitrogens with one attached hydrogen (secondary N) is 1. The SMILES string of the molecule is C=O.COCl.Cc1ccc(C(NCCCCCCC(=O)O)c2ccccc2N(C)C=O)c(C)c1. The first-order chi connectivity index (χ1) is 16.3. The molecule has 2 aromatic rings. The van der Waals surface area contributed by atoms with Gasteiger partial charge in [0.25, 0.3) is 0 Å². The Kier molecular flexibility index (Phi) is 17.2. The third-order valence-corrected chi connectivity index (χ3v) is 5.19. The molecular weight excluding hydrogens is 456 g/mol. The van der Waals surface area contributed by atoms with Crippen molar-refractivity contribution < 1.29 is 23.8 Å². The van der Waals surface area contributed by atoms with E-state index in [9.17, 15) is 9.59 Å². The van der Waals surface area contributed by atoms with Gasteiger partial charge in [-0.1, -0.05) is 54.8 Å². The lowest BCUT2D eigenvalue weighted by atomic mass is 9.92. The van der Waals surface area contributed by atoms with Gasteiger partial charge in [-0.3, -0.25) is 13.9 Å². The Balaban J connectivity index is 0.00000201. The summed E-state index contributed by atoms with van der Waals surface area (Å²) < 4.78 is 3.72. The molecule has 7 nitrogen and oxygen atoms in total. The molecule has 0 radical (unpaired) electrons. The lowest BCUT2D eigenvalue weighted by Crippen LogP contribution is -2.27. The number of hydrogen-bond donors (Lipinski definition) is 2. The molecule has 2 aromatic carbocycles. The number of amides is 1. The second-order valence-electron chi connectivity index (χ2n) is 7.73. The molecule has 2 rings (SSSR count). The van der Waals surface area contributed by atoms with Gasteiger partial charge in [-0.05, 0) is 56.0 Å². The van der Waals surface area contributed by atoms with E-state index in [0.717, 1.165) is 49.9 Å². The Morgan fingerprint density at radius 2 is 1.74 bits per heavy atom. The minimum Gasteiger partial charge on any atom is -0.481 e. The highest BCUT2D eigenvalue weighted by molar-refractivity contribution is 6.07. The van der Waals surface area contributed by atoms with E-state index in [1.165, 1.54) is 23.8 Å². The van der Waals surface area contributed by atoms with Crippen molar-refractivity contribution in [2.75, 3.05) is 25.6 Å². The van der Waals surface area contributed by atoms with E-state index >= 15 is 0 Å². The molecule has 0 aliphatic carbocycles. The number of unbranched alkanes of at least 4 members (excludes halogenated alkanes) is 3. The van der Waals surface area contributed by atoms with Gasteiger partial charge in [0.1, 0.15) is 6.79 Å². The number of carbonyl (C=O) groups excluding carboxylic acids is 2. The van der Waals surface area contributed by atoms with E-state index in [1.54, 1.807) is 11.9 Å². The summed E-state index contributed by atoms with van der Waals surface area (Å²) in [6.45, 7) is 7.03. The van der Waals surface area contributed by atoms with Crippen LogP contribution in [0, 0.1) is 13.8 Å². The first kappa shape index (κ1) is 31.3. The predicted octanol–water partition coefficient (Wildman–Crippen LogP) is 5.21. The molecule has 2 N–H and O–H groups in total. The van der Waals surface area contributed by atoms with Gasteiger partial charge in [-0.2, -0.15) is 0 Å². The molecule has 0 bridgehead atoms. The Morgan fingerprint density at radius 3 is 2.32 bits per heavy atom. The number of nitrogens with zero attached hydrogens (tertiary/aromatic N) is 1. The van der Waals surface area contributed by atoms with E-state index in [4.69, 9.17) is 9.90 Å². The second-order valence-corrected chi connectivity index (χ2v) is 8.04. The minimum atomic E-state index is -0.728. The van der Waals surface area contributed by atoms with Crippen LogP contribution in [-0.2, 0) is 18.7 Å². The summed E-state index contributed by atoms with van der Waals surface area (Å²) >= 11 is 4.50. The number of rotatable bonds is 12. The van der Waals surface area contributed by atoms with Crippen LogP contribution in [0.15, 0.2) is 42.5 Å². The molecule has 0 spiro atoms. The number of aliphatic carboxylic acids is 1. The van der Waals surface area contributed by atoms with Gasteiger partial charge in [-0.15, -0.1) is 0 Å². The van der Waals surface area contributed by atoms with E-state index < -0.39 is 5.97 Å². The van der Waals surface area contributed by atoms with Crippen molar-refractivity contribution in [2.45, 2.75) is 52.0 Å². The maximum absolute atomic E-state index is 11.4. The Bertz CT molecular complexity index is 863. The number of benzene rings is 2. The molecule has 0 saturated heterocycles. The van der Waals surface area contributed by atoms with Crippen LogP contribution >= 0.6 is 11.9 Å². The van der Waals surface area contributed by atoms with Crippen LogP contribution in [0.4, 0.5) is 5.69 Å². The number of carboxylic acid groups (broad SMARTS) is 1. The van der Waals surface area contributed by atoms with Crippen molar-refractivity contribution in [1.82, 2.24) is 5.32 Å². The van der Waals surface area contributed by atoms with Crippen molar-refractivity contribution in [3.8, 4) is 0 Å². The van der Waals surface area contributed by atoms with Gasteiger partial charge in [-0.25, -0.2) is 0 Å². The van der Waals surface area contributed by atoms with Crippen LogP contribution in [0.3, 0.4) is 0 Å². The fraction of sp³-hybridized carbons (Fsp3) is 0.423. The van der Waals surface area contributed by atoms with Gasteiger partial charge in [0.05, 0.1) is 25.0 Å². The summed E-state index contributed by atoms with van der Waals surface area (Å²) in [6.07, 6.45) is 4.70. The summed E-state index contributed by atoms with van der Waals surface area (Å²) in [6, 6.07) is 14.4. The number of carbonyl (C=O) groups is 3. The van der Waals surface area contributed by atoms with E-state index in [0.29, 0.717) is 0 Å². The topological polar surface area (TPSA) is 95.9 Å². The zero-order chi connectivity index (χ0) is 25.9. The van der Waals surface area contributed by atoms with Gasteiger partial charge in [0, 0.05) is 19.2 Å². The highest BCUT2D eigenvalue weighted by Gasteiger charge is 2.20. The number of hydrogen-bond acceptors (Lipinski definition) is 5. The highest BCUT2D eigenvalue weighted by Crippen LogP contribution is 2.32. The molecule has 1 amide bonds. The molecule has 0 aliphatic heterocycles. The molecule has 0 fully saturated rings. The number of aryl methyl sites for hydroxylation is 2. The van der Waals surface area contributed by atoms with Crippen molar-refractivity contribution in [2.24, 2.45) is 0 Å². The van der Waals surface area contributed by atoms with Crippen molar-refractivity contribution in [1.29, 1.82) is 0 Å². The third-order valence-electron chi connectivity index (χ3n) is 5.19. The van der Waals surface area contributed by atoms with Gasteiger partial charge in [0.2, 0.25) is 6.41 Å². The average molecular weight is 493 g/mol. The normalized spacial score (nSPS) is 10.7. The number of halogens is 1. The molecular formula is C26H37ClN2O5. The molecule has 0 saturated carbocycles. The standard InChI is InChI=1S/C24H32N2O3.CH3ClO.CH2O/c1-18-13-14-20(19(2)16-18)24(25-15-9-5-4-6-12-23(28)29)21-10-7-8-11-22(21)26(3)17-27;1-3-2;1-2/h7-8,10-11,13-14,16-17,24-25H,4-6,9,12,15H2,1-3H3,(H,28,29);1H3;1H2. The lowest BCUT2D eigenvalue weighted by molar-refractivity contribution is -0.137. The minimum absolute atomic E-state index is 0.0202. The fourth-order valence-electron chi connectivity index (χ4n) is 3.65. The van der Waals surface area contributed by atoms with Crippen LogP contribution in [0.2, 0.25) is 0 Å². The maximum atomic E-state index is 11.4. The van der Waals surface area contributed by atoms with Crippen LogP contribution in [0.25, 0.3) is 0 Å². The Hall–Kier alpha value is -2.74. The summed E-state index contributed by atoms with van der Waals surface area (Å²) in [5.41, 5.74) is 5.60. The molecule has 0 heterocycles. The van der Waals surface area contributed by atoms with Crippen LogP contribution in [0.5, 0.6) is 0 Å². The zero-order valence-corrected chi connectivity index (χ0v) is 21.3. The Labute approximate surface area is 208 Å². The van der Waals surface area contributed by atoms with E-state index in [-0.39, 0.29) is 12.5 Å². The maximum Gasteiger partial charge on any atom is 0.303 e. The number of anilines is 1. The summed E-state index contributed by atoms with van der Waals surface area (Å²) in [7, 11) is 3.16. The molecule has 1 atom stereocenters. The largest absolute Gasteiger partial charge is 0.481 e. The molecule has 0 aliphatic rings. The molecule has 188 valence electrons. The van der Waals surface area contributed by atoms with Gasteiger partial charge < -0.3 is 20.1 Å². The second kappa shape index (κ2) is 18.7. The third kappa shape index (κ3) is 11.4. The summed E-state index contributed by atoms with van der Waals surface area (Å²) in [4.78, 5) is 31.6. The van der Waals surface area contributed by atoms with E-state index in [1.807, 2.05) is 25.0 Å². The van der Waals surface area contributed by atoms with E-state index in [2.05, 4.69) is 59.6 Å². The monoisotopic (exact) mass is 492 g/mol. The molecule has 0 aromatic heterocycles. The van der Waals surface area contributed by atoms with Crippen LogP contribution in [-0.4, -0.2) is 45.0 Å². The Morgan fingerprint density at radius 1 is 1.12 bits per heavy atom. The van der Waals surface area contributed by atoms with Crippen molar-refractivity contribution >= 4 is 36.7 Å². The lowest BCUT2D eigenvalue weighted by Gasteiger charge is -2.26. The smallest absolute Gasteiger partial charge is 0.303 e. The molecule has 1 unspecified atom stereocenters. The summed E-state index contributed by atoms with van der Waals surface area (Å²) in [5.74, 6) is -0.728. The predicted molar refractivity (Wildman–Crippen MR) is 137 cm³/mol. The van der Waals surface area contributed by atoms with Gasteiger partial charge in [0.15, 0.2) is 0 Å². The van der Waals surface area contributed by atoms with Crippen LogP contribution < -0.4 is 10.2 Å². The fourth-order valence-corrected chi connectivity index (χ4v) is 3.65. The number of para-hydroxylation sites is 1. The van der Waals surface area contributed by atoms with Crippen molar-refractivity contribution in [3.63, 3.8) is 0 Å².